The molecular formula is C18H16N2O2. The zero-order valence-corrected chi connectivity index (χ0v) is 12.3. The molecule has 0 saturated heterocycles. The minimum absolute atomic E-state index is 0.534. The Hall–Kier alpha value is -2.62. The van der Waals surface area contributed by atoms with Gasteiger partial charge in [-0.1, -0.05) is 0 Å². The van der Waals surface area contributed by atoms with Crippen molar-refractivity contribution in [3.63, 3.8) is 0 Å². The molecule has 1 N–H and O–H groups in total. The third-order valence-corrected chi connectivity index (χ3v) is 4.39. The van der Waals surface area contributed by atoms with E-state index < -0.39 is 0 Å². The van der Waals surface area contributed by atoms with E-state index >= 15 is 0 Å². The summed E-state index contributed by atoms with van der Waals surface area (Å²) in [5.74, 6) is 0.534. The normalized spacial score (nSPS) is 13.3. The average molecular weight is 292 g/mol. The molecule has 0 fully saturated rings. The molecule has 0 aliphatic heterocycles. The van der Waals surface area contributed by atoms with Gasteiger partial charge >= 0.3 is 0 Å². The molecule has 2 aromatic heterocycles. The fourth-order valence-electron chi connectivity index (χ4n) is 3.41. The number of aldehydes is 1. The van der Waals surface area contributed by atoms with E-state index in [4.69, 9.17) is 4.74 Å². The van der Waals surface area contributed by atoms with Crippen LogP contribution in [0.15, 0.2) is 30.5 Å². The predicted octanol–water partition coefficient (Wildman–Crippen LogP) is 3.54. The number of pyridine rings is 1. The number of nitrogens with one attached hydrogen (secondary N) is 1. The van der Waals surface area contributed by atoms with Crippen molar-refractivity contribution < 1.29 is 9.53 Å². The molecular weight excluding hydrogens is 276 g/mol. The van der Waals surface area contributed by atoms with Crippen LogP contribution < -0.4 is 4.74 Å². The van der Waals surface area contributed by atoms with E-state index in [9.17, 15) is 4.79 Å². The molecule has 22 heavy (non-hydrogen) atoms. The Labute approximate surface area is 128 Å². The highest BCUT2D eigenvalue weighted by molar-refractivity contribution is 6.05. The summed E-state index contributed by atoms with van der Waals surface area (Å²) in [6, 6.07) is 8.19. The monoisotopic (exact) mass is 292 g/mol. The fourth-order valence-corrected chi connectivity index (χ4v) is 3.41. The summed E-state index contributed by atoms with van der Waals surface area (Å²) < 4.78 is 5.37. The van der Waals surface area contributed by atoms with Crippen LogP contribution in [0.5, 0.6) is 5.88 Å². The third kappa shape index (κ3) is 1.84. The molecule has 110 valence electrons. The molecule has 0 spiro atoms. The van der Waals surface area contributed by atoms with Gasteiger partial charge in [-0.05, 0) is 54.7 Å². The summed E-state index contributed by atoms with van der Waals surface area (Å²) in [5.41, 5.74) is 6.07. The fraction of sp³-hybridized carbons (Fsp3) is 0.222. The molecule has 3 aromatic rings. The molecule has 0 unspecified atom stereocenters. The molecule has 4 nitrogen and oxygen atoms in total. The number of carbonyl (C=O) groups is 1. The van der Waals surface area contributed by atoms with E-state index in [0.717, 1.165) is 41.2 Å². The first kappa shape index (κ1) is 13.1. The summed E-state index contributed by atoms with van der Waals surface area (Å²) in [6.07, 6.45) is 5.99. The maximum absolute atomic E-state index is 11.5. The van der Waals surface area contributed by atoms with Crippen molar-refractivity contribution in [2.24, 2.45) is 0 Å². The predicted molar refractivity (Wildman–Crippen MR) is 85.5 cm³/mol. The first-order valence-electron chi connectivity index (χ1n) is 7.44. The highest BCUT2D eigenvalue weighted by Crippen LogP contribution is 2.38. The molecule has 0 amide bonds. The van der Waals surface area contributed by atoms with Crippen LogP contribution >= 0.6 is 0 Å². The molecule has 0 atom stereocenters. The van der Waals surface area contributed by atoms with Crippen molar-refractivity contribution in [3.05, 3.63) is 47.3 Å². The zero-order valence-electron chi connectivity index (χ0n) is 12.3. The average Bonchev–Trinajstić information content (AvgIpc) is 3.15. The first-order chi connectivity index (χ1) is 10.8. The highest BCUT2D eigenvalue weighted by atomic mass is 16.5. The van der Waals surface area contributed by atoms with Crippen molar-refractivity contribution >= 4 is 17.2 Å². The van der Waals surface area contributed by atoms with E-state index in [1.165, 1.54) is 17.5 Å². The Bertz CT molecular complexity index is 880. The van der Waals surface area contributed by atoms with E-state index in [2.05, 4.69) is 22.1 Å². The summed E-state index contributed by atoms with van der Waals surface area (Å²) in [7, 11) is 1.60. The molecule has 0 saturated carbocycles. The maximum atomic E-state index is 11.5. The topological polar surface area (TPSA) is 55.0 Å². The van der Waals surface area contributed by atoms with Gasteiger partial charge in [-0.2, -0.15) is 0 Å². The molecule has 2 heterocycles. The van der Waals surface area contributed by atoms with Crippen LogP contribution in [0.3, 0.4) is 0 Å². The van der Waals surface area contributed by atoms with E-state index in [-0.39, 0.29) is 0 Å². The van der Waals surface area contributed by atoms with Crippen molar-refractivity contribution in [2.75, 3.05) is 7.11 Å². The number of nitrogens with zero attached hydrogens (tertiary/aromatic N) is 1. The van der Waals surface area contributed by atoms with Gasteiger partial charge in [0.2, 0.25) is 5.88 Å². The molecule has 4 heteroatoms. The van der Waals surface area contributed by atoms with Crippen molar-refractivity contribution in [2.45, 2.75) is 19.3 Å². The number of fused-ring (bicyclic) bond motifs is 2. The summed E-state index contributed by atoms with van der Waals surface area (Å²) in [4.78, 5) is 19.0. The lowest BCUT2D eigenvalue weighted by Crippen LogP contribution is -1.93. The molecule has 0 bridgehead atoms. The van der Waals surface area contributed by atoms with Gasteiger partial charge in [-0.3, -0.25) is 4.79 Å². The van der Waals surface area contributed by atoms with Crippen LogP contribution in [-0.2, 0) is 12.8 Å². The molecule has 1 aromatic carbocycles. The highest BCUT2D eigenvalue weighted by Gasteiger charge is 2.20. The lowest BCUT2D eigenvalue weighted by Gasteiger charge is -2.07. The molecule has 4 rings (SSSR count). The summed E-state index contributed by atoms with van der Waals surface area (Å²) >= 11 is 0. The second kappa shape index (κ2) is 4.98. The molecule has 0 radical (unpaired) electrons. The second-order valence-electron chi connectivity index (χ2n) is 5.61. The van der Waals surface area contributed by atoms with Crippen LogP contribution in [0.4, 0.5) is 0 Å². The first-order valence-corrected chi connectivity index (χ1v) is 7.44. The summed E-state index contributed by atoms with van der Waals surface area (Å²) in [5, 5.41) is 1.06. The third-order valence-electron chi connectivity index (χ3n) is 4.39. The molecule has 1 aliphatic rings. The van der Waals surface area contributed by atoms with Crippen LogP contribution in [0, 0.1) is 0 Å². The zero-order chi connectivity index (χ0) is 15.1. The van der Waals surface area contributed by atoms with Gasteiger partial charge in [0.25, 0.3) is 0 Å². The number of aromatic amines is 1. The Kier molecular flexibility index (Phi) is 2.96. The van der Waals surface area contributed by atoms with E-state index in [0.29, 0.717) is 11.6 Å². The quantitative estimate of drug-likeness (QED) is 0.751. The van der Waals surface area contributed by atoms with Crippen LogP contribution in [0.1, 0.15) is 28.0 Å². The minimum Gasteiger partial charge on any atom is -0.481 e. The Morgan fingerprint density at radius 3 is 2.86 bits per heavy atom. The lowest BCUT2D eigenvalue weighted by atomic mass is 10.00. The number of ether oxygens (including phenoxy) is 1. The number of hydrogen-bond acceptors (Lipinski definition) is 3. The van der Waals surface area contributed by atoms with Gasteiger partial charge in [0.1, 0.15) is 0 Å². The van der Waals surface area contributed by atoms with Crippen molar-refractivity contribution in [3.8, 4) is 17.0 Å². The number of methoxy groups -OCH3 is 1. The number of H-pyrrole nitrogens is 1. The van der Waals surface area contributed by atoms with Crippen molar-refractivity contribution in [1.82, 2.24) is 9.97 Å². The van der Waals surface area contributed by atoms with Gasteiger partial charge in [0.15, 0.2) is 6.29 Å². The number of rotatable bonds is 3. The van der Waals surface area contributed by atoms with Gasteiger partial charge in [-0.15, -0.1) is 0 Å². The van der Waals surface area contributed by atoms with Gasteiger partial charge < -0.3 is 9.72 Å². The van der Waals surface area contributed by atoms with Crippen LogP contribution in [-0.4, -0.2) is 23.4 Å². The number of aryl methyl sites for hydroxylation is 2. The van der Waals surface area contributed by atoms with Crippen molar-refractivity contribution in [1.29, 1.82) is 0 Å². The molecule has 1 aliphatic carbocycles. The van der Waals surface area contributed by atoms with Gasteiger partial charge in [0, 0.05) is 28.2 Å². The number of carbonyl (C=O) groups excluding carboxylic acids is 1. The minimum atomic E-state index is 0.534. The SMILES string of the molecule is COc1ncccc1-c1c(C=O)[nH]c2cc3c(cc12)CCC3. The van der Waals surface area contributed by atoms with Crippen LogP contribution in [0.2, 0.25) is 0 Å². The number of benzene rings is 1. The second-order valence-corrected chi connectivity index (χ2v) is 5.61. The lowest BCUT2D eigenvalue weighted by molar-refractivity contribution is 0.112. The largest absolute Gasteiger partial charge is 0.481 e. The van der Waals surface area contributed by atoms with E-state index in [1.807, 2.05) is 12.1 Å². The Morgan fingerprint density at radius 2 is 2.09 bits per heavy atom. The van der Waals surface area contributed by atoms with Gasteiger partial charge in [-0.25, -0.2) is 4.98 Å². The Balaban J connectivity index is 2.05. The van der Waals surface area contributed by atoms with Gasteiger partial charge in [0.05, 0.1) is 12.8 Å². The number of aromatic nitrogens is 2. The maximum Gasteiger partial charge on any atom is 0.221 e. The van der Waals surface area contributed by atoms with E-state index in [1.54, 1.807) is 13.3 Å². The Morgan fingerprint density at radius 1 is 1.27 bits per heavy atom. The number of hydrogen-bond donors (Lipinski definition) is 1. The van der Waals surface area contributed by atoms with Crippen LogP contribution in [0.25, 0.3) is 22.0 Å². The smallest absolute Gasteiger partial charge is 0.221 e. The standard InChI is InChI=1S/C18H16N2O2/c1-22-18-13(6-3-7-19-18)17-14-8-11-4-2-5-12(11)9-15(14)20-16(17)10-21/h3,6-10,20H,2,4-5H2,1H3. The summed E-state index contributed by atoms with van der Waals surface area (Å²) in [6.45, 7) is 0.